The van der Waals surface area contributed by atoms with E-state index in [0.29, 0.717) is 20.8 Å². The molecule has 24 heavy (non-hydrogen) atoms. The molecule has 0 saturated heterocycles. The number of aromatic nitrogens is 2. The van der Waals surface area contributed by atoms with Crippen LogP contribution in [0.1, 0.15) is 10.4 Å². The Morgan fingerprint density at radius 1 is 1.21 bits per heavy atom. The molecular weight excluding hydrogens is 396 g/mol. The van der Waals surface area contributed by atoms with Crippen molar-refractivity contribution in [3.8, 4) is 0 Å². The molecule has 2 aromatic heterocycles. The zero-order chi connectivity index (χ0) is 16.9. The van der Waals surface area contributed by atoms with E-state index in [9.17, 15) is 9.59 Å². The maximum atomic E-state index is 11.9. The summed E-state index contributed by atoms with van der Waals surface area (Å²) in [6, 6.07) is 8.94. The van der Waals surface area contributed by atoms with Gasteiger partial charge in [0, 0.05) is 16.9 Å². The van der Waals surface area contributed by atoms with Crippen LogP contribution < -0.4 is 10.9 Å². The van der Waals surface area contributed by atoms with E-state index in [1.165, 1.54) is 6.20 Å². The molecule has 0 aliphatic rings. The number of nitrogens with zero attached hydrogens (tertiary/aromatic N) is 2. The standard InChI is InChI=1S/C15H11BrN4O3S/c16-10-5-9(6-17-7-10)14(22)20-19-13(21)8-24-15-18-11-3-1-2-4-12(11)23-15/h1-7H,8H2,(H,19,21)(H,20,22). The first-order valence-corrected chi connectivity index (χ1v) is 8.58. The Kier molecular flexibility index (Phi) is 5.11. The van der Waals surface area contributed by atoms with Crippen molar-refractivity contribution in [2.75, 3.05) is 5.75 Å². The Labute approximate surface area is 149 Å². The number of para-hydroxylation sites is 2. The van der Waals surface area contributed by atoms with Crippen molar-refractivity contribution in [3.05, 3.63) is 52.8 Å². The molecule has 0 radical (unpaired) electrons. The summed E-state index contributed by atoms with van der Waals surface area (Å²) < 4.78 is 6.17. The van der Waals surface area contributed by atoms with Crippen molar-refractivity contribution >= 4 is 50.6 Å². The molecule has 9 heteroatoms. The lowest BCUT2D eigenvalue weighted by atomic mass is 10.3. The van der Waals surface area contributed by atoms with E-state index in [1.807, 2.05) is 18.2 Å². The van der Waals surface area contributed by atoms with Gasteiger partial charge >= 0.3 is 0 Å². The fraction of sp³-hybridized carbons (Fsp3) is 0.0667. The topological polar surface area (TPSA) is 97.1 Å². The number of hydrogen-bond donors (Lipinski definition) is 2. The van der Waals surface area contributed by atoms with Crippen LogP contribution in [0.5, 0.6) is 0 Å². The third kappa shape index (κ3) is 4.12. The summed E-state index contributed by atoms with van der Waals surface area (Å²) in [5.74, 6) is -0.772. The van der Waals surface area contributed by atoms with Gasteiger partial charge in [-0.25, -0.2) is 4.98 Å². The lowest BCUT2D eigenvalue weighted by molar-refractivity contribution is -0.119. The third-order valence-corrected chi connectivity index (χ3v) is 4.15. The fourth-order valence-electron chi connectivity index (χ4n) is 1.81. The van der Waals surface area contributed by atoms with Crippen molar-refractivity contribution in [2.45, 2.75) is 5.22 Å². The van der Waals surface area contributed by atoms with E-state index in [-0.39, 0.29) is 11.7 Å². The van der Waals surface area contributed by atoms with Crippen LogP contribution >= 0.6 is 27.7 Å². The first-order valence-electron chi connectivity index (χ1n) is 6.80. The number of hydrazine groups is 1. The first-order chi connectivity index (χ1) is 11.6. The summed E-state index contributed by atoms with van der Waals surface area (Å²) >= 11 is 4.37. The lowest BCUT2D eigenvalue weighted by Gasteiger charge is -2.06. The molecule has 2 heterocycles. The van der Waals surface area contributed by atoms with E-state index >= 15 is 0 Å². The van der Waals surface area contributed by atoms with E-state index in [1.54, 1.807) is 18.3 Å². The van der Waals surface area contributed by atoms with Crippen molar-refractivity contribution in [1.82, 2.24) is 20.8 Å². The highest BCUT2D eigenvalue weighted by Crippen LogP contribution is 2.22. The molecule has 0 saturated carbocycles. The number of hydrogen-bond acceptors (Lipinski definition) is 6. The van der Waals surface area contributed by atoms with Crippen LogP contribution in [0.4, 0.5) is 0 Å². The molecule has 0 aliphatic carbocycles. The van der Waals surface area contributed by atoms with Crippen molar-refractivity contribution < 1.29 is 14.0 Å². The number of amides is 2. The monoisotopic (exact) mass is 406 g/mol. The molecule has 0 atom stereocenters. The highest BCUT2D eigenvalue weighted by molar-refractivity contribution is 9.10. The Morgan fingerprint density at radius 2 is 2.04 bits per heavy atom. The van der Waals surface area contributed by atoms with Crippen LogP contribution in [0.2, 0.25) is 0 Å². The molecule has 2 N–H and O–H groups in total. The van der Waals surface area contributed by atoms with Crippen LogP contribution in [-0.2, 0) is 4.79 Å². The number of pyridine rings is 1. The van der Waals surface area contributed by atoms with Crippen LogP contribution in [0, 0.1) is 0 Å². The van der Waals surface area contributed by atoms with Gasteiger partial charge in [-0.15, -0.1) is 0 Å². The highest BCUT2D eigenvalue weighted by atomic mass is 79.9. The summed E-state index contributed by atoms with van der Waals surface area (Å²) in [5, 5.41) is 0.397. The molecule has 3 rings (SSSR count). The Morgan fingerprint density at radius 3 is 2.83 bits per heavy atom. The second-order valence-electron chi connectivity index (χ2n) is 4.63. The smallest absolute Gasteiger partial charge is 0.271 e. The van der Waals surface area contributed by atoms with Gasteiger partial charge in [0.2, 0.25) is 5.91 Å². The largest absolute Gasteiger partial charge is 0.431 e. The molecule has 2 amide bonds. The minimum absolute atomic E-state index is 0.0594. The van der Waals surface area contributed by atoms with Gasteiger partial charge in [-0.1, -0.05) is 23.9 Å². The molecule has 0 spiro atoms. The predicted octanol–water partition coefficient (Wildman–Crippen LogP) is 2.54. The van der Waals surface area contributed by atoms with E-state index in [4.69, 9.17) is 4.42 Å². The maximum absolute atomic E-state index is 11.9. The van der Waals surface area contributed by atoms with E-state index in [2.05, 4.69) is 36.7 Å². The molecule has 7 nitrogen and oxygen atoms in total. The van der Waals surface area contributed by atoms with Crippen LogP contribution in [-0.4, -0.2) is 27.5 Å². The number of carbonyl (C=O) groups excluding carboxylic acids is 2. The van der Waals surface area contributed by atoms with Crippen LogP contribution in [0.3, 0.4) is 0 Å². The predicted molar refractivity (Wildman–Crippen MR) is 92.3 cm³/mol. The summed E-state index contributed by atoms with van der Waals surface area (Å²) in [6.45, 7) is 0. The number of rotatable bonds is 4. The second-order valence-corrected chi connectivity index (χ2v) is 6.47. The van der Waals surface area contributed by atoms with E-state index in [0.717, 1.165) is 17.3 Å². The van der Waals surface area contributed by atoms with Gasteiger partial charge in [0.25, 0.3) is 11.1 Å². The number of halogens is 1. The Bertz CT molecular complexity index is 866. The average molecular weight is 407 g/mol. The number of carbonyl (C=O) groups is 2. The SMILES string of the molecule is O=C(CSc1nc2ccccc2o1)NNC(=O)c1cncc(Br)c1. The minimum atomic E-state index is -0.455. The summed E-state index contributed by atoms with van der Waals surface area (Å²) in [7, 11) is 0. The van der Waals surface area contributed by atoms with Crippen LogP contribution in [0.15, 0.2) is 56.8 Å². The summed E-state index contributed by atoms with van der Waals surface area (Å²) in [4.78, 5) is 31.8. The normalized spacial score (nSPS) is 10.5. The van der Waals surface area contributed by atoms with Crippen LogP contribution in [0.25, 0.3) is 11.1 Å². The van der Waals surface area contributed by atoms with Gasteiger partial charge in [0.1, 0.15) is 5.52 Å². The highest BCUT2D eigenvalue weighted by Gasteiger charge is 2.11. The van der Waals surface area contributed by atoms with Crippen molar-refractivity contribution in [3.63, 3.8) is 0 Å². The third-order valence-electron chi connectivity index (χ3n) is 2.88. The Balaban J connectivity index is 1.49. The van der Waals surface area contributed by atoms with Gasteiger partial charge in [0.15, 0.2) is 5.58 Å². The van der Waals surface area contributed by atoms with E-state index < -0.39 is 5.91 Å². The zero-order valence-corrected chi connectivity index (χ0v) is 14.6. The van der Waals surface area contributed by atoms with Gasteiger partial charge in [-0.05, 0) is 34.1 Å². The summed E-state index contributed by atoms with van der Waals surface area (Å²) in [5.41, 5.74) is 6.38. The first kappa shape index (κ1) is 16.5. The summed E-state index contributed by atoms with van der Waals surface area (Å²) in [6.07, 6.45) is 2.96. The molecule has 122 valence electrons. The maximum Gasteiger partial charge on any atom is 0.271 e. The molecule has 0 fully saturated rings. The molecular formula is C15H11BrN4O3S. The number of fused-ring (bicyclic) bond motifs is 1. The lowest BCUT2D eigenvalue weighted by Crippen LogP contribution is -2.42. The van der Waals surface area contributed by atoms with Gasteiger partial charge < -0.3 is 4.42 Å². The van der Waals surface area contributed by atoms with Crippen molar-refractivity contribution in [1.29, 1.82) is 0 Å². The second kappa shape index (κ2) is 7.45. The average Bonchev–Trinajstić information content (AvgIpc) is 3.00. The molecule has 1 aromatic carbocycles. The van der Waals surface area contributed by atoms with Gasteiger partial charge in [-0.2, -0.15) is 0 Å². The number of oxazole rings is 1. The molecule has 0 aliphatic heterocycles. The van der Waals surface area contributed by atoms with Crippen molar-refractivity contribution in [2.24, 2.45) is 0 Å². The van der Waals surface area contributed by atoms with Gasteiger partial charge in [-0.3, -0.25) is 25.4 Å². The number of benzene rings is 1. The fourth-order valence-corrected chi connectivity index (χ4v) is 2.81. The van der Waals surface area contributed by atoms with Gasteiger partial charge in [0.05, 0.1) is 11.3 Å². The quantitative estimate of drug-likeness (QED) is 0.510. The molecule has 0 unspecified atom stereocenters. The Hall–Kier alpha value is -2.39. The number of nitrogens with one attached hydrogen (secondary N) is 2. The number of thioether (sulfide) groups is 1. The minimum Gasteiger partial charge on any atom is -0.431 e. The zero-order valence-electron chi connectivity index (χ0n) is 12.2. The molecule has 0 bridgehead atoms. The molecule has 3 aromatic rings.